The highest BCUT2D eigenvalue weighted by Gasteiger charge is 2.27. The number of aromatic nitrogens is 2. The van der Waals surface area contributed by atoms with E-state index in [1.807, 2.05) is 50.4 Å². The Morgan fingerprint density at radius 2 is 1.93 bits per heavy atom. The molecule has 2 aromatic heterocycles. The second-order valence-corrected chi connectivity index (χ2v) is 8.79. The van der Waals surface area contributed by atoms with Gasteiger partial charge in [-0.15, -0.1) is 11.3 Å². The summed E-state index contributed by atoms with van der Waals surface area (Å²) in [6.07, 6.45) is 1.61. The van der Waals surface area contributed by atoms with Crippen molar-refractivity contribution in [2.45, 2.75) is 26.8 Å². The molecule has 2 unspecified atom stereocenters. The average Bonchev–Trinajstić information content (AvgIpc) is 3.13. The third kappa shape index (κ3) is 5.14. The molecular formula is C22H25ClN4OS. The lowest BCUT2D eigenvalue weighted by Gasteiger charge is -2.30. The minimum atomic E-state index is -0.0582. The minimum absolute atomic E-state index is 0.0212. The lowest BCUT2D eigenvalue weighted by molar-refractivity contribution is 0.0700. The van der Waals surface area contributed by atoms with Gasteiger partial charge in [-0.05, 0) is 37.5 Å². The smallest absolute Gasteiger partial charge is 0.273 e. The van der Waals surface area contributed by atoms with E-state index in [4.69, 9.17) is 11.6 Å². The summed E-state index contributed by atoms with van der Waals surface area (Å²) in [5.74, 6) is 0.919. The van der Waals surface area contributed by atoms with Gasteiger partial charge in [0.1, 0.15) is 11.5 Å². The number of carbonyl (C=O) groups excluding carboxylic acids is 1. The summed E-state index contributed by atoms with van der Waals surface area (Å²) < 4.78 is 0. The van der Waals surface area contributed by atoms with Crippen LogP contribution in [0.2, 0.25) is 5.02 Å². The van der Waals surface area contributed by atoms with Crippen molar-refractivity contribution in [2.24, 2.45) is 5.92 Å². The highest BCUT2D eigenvalue weighted by atomic mass is 35.5. The Hall–Kier alpha value is -2.44. The van der Waals surface area contributed by atoms with Crippen LogP contribution in [0.1, 0.15) is 29.3 Å². The summed E-state index contributed by atoms with van der Waals surface area (Å²) in [7, 11) is 1.84. The summed E-state index contributed by atoms with van der Waals surface area (Å²) in [5.41, 5.74) is 1.54. The number of thiazole rings is 1. The van der Waals surface area contributed by atoms with Crippen molar-refractivity contribution in [3.05, 3.63) is 64.4 Å². The largest absolute Gasteiger partial charge is 0.370 e. The van der Waals surface area contributed by atoms with Gasteiger partial charge < -0.3 is 10.2 Å². The van der Waals surface area contributed by atoms with E-state index in [0.29, 0.717) is 17.3 Å². The molecule has 0 bridgehead atoms. The van der Waals surface area contributed by atoms with Crippen molar-refractivity contribution in [2.75, 3.05) is 18.9 Å². The lowest BCUT2D eigenvalue weighted by atomic mass is 10.0. The topological polar surface area (TPSA) is 58.1 Å². The Kier molecular flexibility index (Phi) is 6.87. The van der Waals surface area contributed by atoms with Crippen molar-refractivity contribution >= 4 is 34.7 Å². The molecule has 152 valence electrons. The molecule has 0 aliphatic carbocycles. The Morgan fingerprint density at radius 3 is 2.59 bits per heavy atom. The van der Waals surface area contributed by atoms with Crippen molar-refractivity contribution in [3.8, 4) is 10.4 Å². The maximum atomic E-state index is 13.2. The normalized spacial score (nSPS) is 13.0. The number of nitrogens with zero attached hydrogens (tertiary/aromatic N) is 3. The molecule has 0 aliphatic heterocycles. The van der Waals surface area contributed by atoms with E-state index in [-0.39, 0.29) is 17.9 Å². The van der Waals surface area contributed by atoms with Gasteiger partial charge in [0.2, 0.25) is 0 Å². The van der Waals surface area contributed by atoms with E-state index in [0.717, 1.165) is 21.3 Å². The van der Waals surface area contributed by atoms with Gasteiger partial charge in [-0.25, -0.2) is 9.97 Å². The van der Waals surface area contributed by atoms with Gasteiger partial charge in [-0.1, -0.05) is 48.9 Å². The first-order valence-corrected chi connectivity index (χ1v) is 10.7. The van der Waals surface area contributed by atoms with Crippen LogP contribution in [0, 0.1) is 12.8 Å². The molecule has 2 heterocycles. The van der Waals surface area contributed by atoms with Crippen LogP contribution in [0.15, 0.2) is 48.7 Å². The Balaban J connectivity index is 1.70. The predicted octanol–water partition coefficient (Wildman–Crippen LogP) is 5.38. The molecule has 7 heteroatoms. The standard InChI is InChI=1S/C22H25ClN4OS/c1-14(12-24-19-11-10-18(23)13-25-19)15(2)27(4)22(28)20-21(29-16(3)26-20)17-8-6-5-7-9-17/h5-11,13-15H,12H2,1-4H3,(H,24,25). The number of anilines is 1. The van der Waals surface area contributed by atoms with Crippen molar-refractivity contribution < 1.29 is 4.79 Å². The molecule has 29 heavy (non-hydrogen) atoms. The maximum Gasteiger partial charge on any atom is 0.273 e. The number of pyridine rings is 1. The SMILES string of the molecule is Cc1nc(C(=O)N(C)C(C)C(C)CNc2ccc(Cl)cn2)c(-c2ccccc2)s1. The van der Waals surface area contributed by atoms with Crippen LogP contribution in [0.3, 0.4) is 0 Å². The Labute approximate surface area is 180 Å². The first kappa shape index (κ1) is 21.3. The maximum absolute atomic E-state index is 13.2. The van der Waals surface area contributed by atoms with Crippen LogP contribution in [-0.4, -0.2) is 40.4 Å². The van der Waals surface area contributed by atoms with E-state index >= 15 is 0 Å². The monoisotopic (exact) mass is 428 g/mol. The van der Waals surface area contributed by atoms with Crippen LogP contribution in [0.5, 0.6) is 0 Å². The first-order chi connectivity index (χ1) is 13.9. The number of benzene rings is 1. The summed E-state index contributed by atoms with van der Waals surface area (Å²) in [4.78, 5) is 24.7. The molecule has 3 rings (SSSR count). The molecule has 1 amide bonds. The molecule has 0 aliphatic rings. The third-order valence-electron chi connectivity index (χ3n) is 5.06. The number of halogens is 1. The van der Waals surface area contributed by atoms with Crippen LogP contribution < -0.4 is 5.32 Å². The molecule has 5 nitrogen and oxygen atoms in total. The lowest BCUT2D eigenvalue weighted by Crippen LogP contribution is -2.41. The van der Waals surface area contributed by atoms with Crippen LogP contribution in [0.25, 0.3) is 10.4 Å². The second-order valence-electron chi connectivity index (χ2n) is 7.15. The van der Waals surface area contributed by atoms with Gasteiger partial charge in [0.05, 0.1) is 14.9 Å². The number of aryl methyl sites for hydroxylation is 1. The predicted molar refractivity (Wildman–Crippen MR) is 121 cm³/mol. The number of amides is 1. The second kappa shape index (κ2) is 9.37. The fraction of sp³-hybridized carbons (Fsp3) is 0.318. The zero-order valence-electron chi connectivity index (χ0n) is 17.0. The molecular weight excluding hydrogens is 404 g/mol. The van der Waals surface area contributed by atoms with Gasteiger partial charge in [0.15, 0.2) is 0 Å². The number of hydrogen-bond donors (Lipinski definition) is 1. The van der Waals surface area contributed by atoms with Crippen molar-refractivity contribution in [3.63, 3.8) is 0 Å². The summed E-state index contributed by atoms with van der Waals surface area (Å²) >= 11 is 7.43. The van der Waals surface area contributed by atoms with E-state index < -0.39 is 0 Å². The van der Waals surface area contributed by atoms with Crippen LogP contribution >= 0.6 is 22.9 Å². The highest BCUT2D eigenvalue weighted by Crippen LogP contribution is 2.31. The van der Waals surface area contributed by atoms with Gasteiger partial charge in [0.25, 0.3) is 5.91 Å². The van der Waals surface area contributed by atoms with E-state index in [1.165, 1.54) is 0 Å². The molecule has 0 fully saturated rings. The number of nitrogens with one attached hydrogen (secondary N) is 1. The fourth-order valence-electron chi connectivity index (χ4n) is 3.01. The number of hydrogen-bond acceptors (Lipinski definition) is 5. The molecule has 3 aromatic rings. The van der Waals surface area contributed by atoms with Crippen LogP contribution in [0.4, 0.5) is 5.82 Å². The zero-order chi connectivity index (χ0) is 21.0. The van der Waals surface area contributed by atoms with Crippen molar-refractivity contribution in [1.82, 2.24) is 14.9 Å². The number of carbonyl (C=O) groups is 1. The Bertz CT molecular complexity index is 959. The number of rotatable bonds is 7. The van der Waals surface area contributed by atoms with Gasteiger partial charge in [0, 0.05) is 25.8 Å². The van der Waals surface area contributed by atoms with Crippen molar-refractivity contribution in [1.29, 1.82) is 0 Å². The van der Waals surface area contributed by atoms with Gasteiger partial charge in [-0.2, -0.15) is 0 Å². The van der Waals surface area contributed by atoms with Gasteiger partial charge >= 0.3 is 0 Å². The fourth-order valence-corrected chi connectivity index (χ4v) is 4.04. The molecule has 0 saturated heterocycles. The quantitative estimate of drug-likeness (QED) is 0.549. The zero-order valence-corrected chi connectivity index (χ0v) is 18.6. The molecule has 1 N–H and O–H groups in total. The summed E-state index contributed by atoms with van der Waals surface area (Å²) in [6, 6.07) is 13.6. The molecule has 0 radical (unpaired) electrons. The van der Waals surface area contributed by atoms with E-state index in [2.05, 4.69) is 29.1 Å². The highest BCUT2D eigenvalue weighted by molar-refractivity contribution is 7.15. The first-order valence-electron chi connectivity index (χ1n) is 9.52. The minimum Gasteiger partial charge on any atom is -0.370 e. The average molecular weight is 429 g/mol. The third-order valence-corrected chi connectivity index (χ3v) is 6.30. The summed E-state index contributed by atoms with van der Waals surface area (Å²) in [6.45, 7) is 6.79. The molecule has 1 aromatic carbocycles. The van der Waals surface area contributed by atoms with E-state index in [1.54, 1.807) is 28.5 Å². The van der Waals surface area contributed by atoms with Gasteiger partial charge in [-0.3, -0.25) is 4.79 Å². The molecule has 2 atom stereocenters. The molecule has 0 saturated carbocycles. The Morgan fingerprint density at radius 1 is 1.21 bits per heavy atom. The molecule has 0 spiro atoms. The van der Waals surface area contributed by atoms with E-state index in [9.17, 15) is 4.79 Å². The summed E-state index contributed by atoms with van der Waals surface area (Å²) in [5, 5.41) is 4.80. The van der Waals surface area contributed by atoms with Crippen LogP contribution in [-0.2, 0) is 0 Å².